The van der Waals surface area contributed by atoms with Crippen molar-refractivity contribution in [2.24, 2.45) is 0 Å². The predicted molar refractivity (Wildman–Crippen MR) is 97.3 cm³/mol. The van der Waals surface area contributed by atoms with Gasteiger partial charge in [0.25, 0.3) is 0 Å². The molecule has 0 aromatic heterocycles. The fourth-order valence-electron chi connectivity index (χ4n) is 1.94. The van der Waals surface area contributed by atoms with Crippen molar-refractivity contribution < 1.29 is 27.4 Å². The van der Waals surface area contributed by atoms with Gasteiger partial charge in [-0.3, -0.25) is 0 Å². The molecule has 140 valence electrons. The molecule has 0 radical (unpaired) electrons. The maximum atomic E-state index is 12.5. The van der Waals surface area contributed by atoms with Gasteiger partial charge in [-0.2, -0.15) is 13.2 Å². The minimum atomic E-state index is -4.37. The molecule has 0 heterocycles. The molecular formula is C18H16ClF3O3S. The van der Waals surface area contributed by atoms with Crippen LogP contribution in [0.15, 0.2) is 48.5 Å². The van der Waals surface area contributed by atoms with Crippen molar-refractivity contribution in [3.8, 4) is 17.2 Å². The zero-order valence-corrected chi connectivity index (χ0v) is 15.3. The first-order chi connectivity index (χ1) is 12.3. The predicted octanol–water partition coefficient (Wildman–Crippen LogP) is 5.85. The Morgan fingerprint density at radius 3 is 2.00 bits per heavy atom. The van der Waals surface area contributed by atoms with E-state index in [-0.39, 0.29) is 0 Å². The number of rotatable bonds is 7. The molecule has 8 heteroatoms. The lowest BCUT2D eigenvalue weighted by molar-refractivity contribution is -0.137. The third kappa shape index (κ3) is 6.07. The van der Waals surface area contributed by atoms with Crippen LogP contribution in [0.5, 0.6) is 17.2 Å². The van der Waals surface area contributed by atoms with Crippen molar-refractivity contribution in [2.75, 3.05) is 12.5 Å². The lowest BCUT2D eigenvalue weighted by atomic mass is 10.2. The number of hydrogen-bond acceptors (Lipinski definition) is 4. The smallest absolute Gasteiger partial charge is 0.416 e. The number of benzene rings is 2. The molecule has 2 aromatic carbocycles. The van der Waals surface area contributed by atoms with Crippen LogP contribution in [0.4, 0.5) is 13.2 Å². The molecule has 0 fully saturated rings. The van der Waals surface area contributed by atoms with Crippen molar-refractivity contribution in [2.45, 2.75) is 19.2 Å². The molecule has 0 N–H and O–H groups in total. The molecule has 0 spiro atoms. The second kappa shape index (κ2) is 9.09. The molecule has 0 saturated heterocycles. The average molecular weight is 405 g/mol. The molecular weight excluding hydrogens is 389 g/mol. The first-order valence-corrected chi connectivity index (χ1v) is 8.58. The summed E-state index contributed by atoms with van der Waals surface area (Å²) in [7, 11) is 0. The Morgan fingerprint density at radius 1 is 1.00 bits per heavy atom. The molecule has 26 heavy (non-hydrogen) atoms. The highest BCUT2D eigenvalue weighted by molar-refractivity contribution is 7.80. The van der Waals surface area contributed by atoms with Gasteiger partial charge in [-0.1, -0.05) is 0 Å². The van der Waals surface area contributed by atoms with Gasteiger partial charge in [0.05, 0.1) is 11.4 Å². The molecule has 0 aliphatic heterocycles. The second-order valence-electron chi connectivity index (χ2n) is 5.21. The summed E-state index contributed by atoms with van der Waals surface area (Å²) in [6.07, 6.45) is -4.81. The van der Waals surface area contributed by atoms with E-state index in [1.54, 1.807) is 31.2 Å². The lowest BCUT2D eigenvalue weighted by Crippen LogP contribution is -2.25. The van der Waals surface area contributed by atoms with Crippen LogP contribution < -0.4 is 9.47 Å². The van der Waals surface area contributed by atoms with E-state index in [0.717, 1.165) is 12.1 Å². The lowest BCUT2D eigenvalue weighted by Gasteiger charge is -2.16. The molecule has 2 rings (SSSR count). The third-order valence-corrected chi connectivity index (χ3v) is 3.81. The fraction of sp³-hybridized carbons (Fsp3) is 0.278. The van der Waals surface area contributed by atoms with Gasteiger partial charge < -0.3 is 14.2 Å². The normalized spacial score (nSPS) is 12.3. The van der Waals surface area contributed by atoms with E-state index in [4.69, 9.17) is 38.0 Å². The summed E-state index contributed by atoms with van der Waals surface area (Å²) in [6, 6.07) is 11.1. The van der Waals surface area contributed by atoms with Gasteiger partial charge in [-0.05, 0) is 67.7 Å². The molecule has 0 saturated carbocycles. The largest absolute Gasteiger partial charge is 0.482 e. The van der Waals surface area contributed by atoms with Gasteiger partial charge in [-0.25, -0.2) is 0 Å². The number of hydrogen-bond donors (Lipinski definition) is 0. The van der Waals surface area contributed by atoms with E-state index < -0.39 is 17.8 Å². The van der Waals surface area contributed by atoms with E-state index >= 15 is 0 Å². The van der Waals surface area contributed by atoms with Crippen LogP contribution in [0.3, 0.4) is 0 Å². The summed E-state index contributed by atoms with van der Waals surface area (Å²) >= 11 is 10.6. The zero-order chi connectivity index (χ0) is 19.2. The summed E-state index contributed by atoms with van der Waals surface area (Å²) in [5.41, 5.74) is -0.727. The van der Waals surface area contributed by atoms with Gasteiger partial charge in [0.1, 0.15) is 23.9 Å². The summed E-state index contributed by atoms with van der Waals surface area (Å²) in [4.78, 5) is 0. The Kier molecular flexibility index (Phi) is 7.11. The van der Waals surface area contributed by atoms with E-state index in [0.29, 0.717) is 34.8 Å². The van der Waals surface area contributed by atoms with Gasteiger partial charge in [-0.15, -0.1) is 11.6 Å². The molecule has 0 amide bonds. The number of halogens is 4. The summed E-state index contributed by atoms with van der Waals surface area (Å²) < 4.78 is 54.0. The van der Waals surface area contributed by atoms with E-state index in [9.17, 15) is 13.2 Å². The van der Waals surface area contributed by atoms with Crippen molar-refractivity contribution in [3.63, 3.8) is 0 Å². The summed E-state index contributed by atoms with van der Waals surface area (Å²) in [5.74, 6) is 1.65. The van der Waals surface area contributed by atoms with Crippen molar-refractivity contribution in [1.82, 2.24) is 0 Å². The molecule has 2 aromatic rings. The standard InChI is InChI=1S/C18H16ClF3O3S/c1-12(17(26)23-11-10-19)24-14-6-8-16(9-7-14)25-15-4-2-13(3-5-15)18(20,21)22/h2-9,12H,10-11H2,1H3. The summed E-state index contributed by atoms with van der Waals surface area (Å²) in [5, 5.41) is 0.302. The topological polar surface area (TPSA) is 27.7 Å². The van der Waals surface area contributed by atoms with Crippen LogP contribution >= 0.6 is 23.8 Å². The molecule has 0 bridgehead atoms. The van der Waals surface area contributed by atoms with Crippen LogP contribution in [0.1, 0.15) is 12.5 Å². The minimum Gasteiger partial charge on any atom is -0.482 e. The van der Waals surface area contributed by atoms with Crippen LogP contribution in [0.25, 0.3) is 0 Å². The van der Waals surface area contributed by atoms with Gasteiger partial charge in [0, 0.05) is 0 Å². The van der Waals surface area contributed by atoms with Crippen molar-refractivity contribution >= 4 is 28.9 Å². The van der Waals surface area contributed by atoms with Crippen LogP contribution in [0, 0.1) is 0 Å². The van der Waals surface area contributed by atoms with E-state index in [1.807, 2.05) is 0 Å². The number of thiocarbonyl (C=S) groups is 1. The number of ether oxygens (including phenoxy) is 3. The van der Waals surface area contributed by atoms with E-state index in [1.165, 1.54) is 12.1 Å². The Morgan fingerprint density at radius 2 is 1.50 bits per heavy atom. The Bertz CT molecular complexity index is 718. The quantitative estimate of drug-likeness (QED) is 0.427. The van der Waals surface area contributed by atoms with Gasteiger partial charge in [0.15, 0.2) is 6.10 Å². The van der Waals surface area contributed by atoms with Crippen molar-refractivity contribution in [3.05, 3.63) is 54.1 Å². The van der Waals surface area contributed by atoms with Crippen molar-refractivity contribution in [1.29, 1.82) is 0 Å². The highest BCUT2D eigenvalue weighted by Crippen LogP contribution is 2.31. The second-order valence-corrected chi connectivity index (χ2v) is 5.99. The maximum Gasteiger partial charge on any atom is 0.416 e. The SMILES string of the molecule is CC(Oc1ccc(Oc2ccc(C(F)(F)F)cc2)cc1)C(=S)OCCCl. The molecule has 1 atom stereocenters. The molecule has 0 aliphatic carbocycles. The zero-order valence-electron chi connectivity index (χ0n) is 13.8. The van der Waals surface area contributed by atoms with Gasteiger partial charge in [0.2, 0.25) is 5.05 Å². The fourth-order valence-corrected chi connectivity index (χ4v) is 2.15. The Hall–Kier alpha value is -1.99. The maximum absolute atomic E-state index is 12.5. The summed E-state index contributed by atoms with van der Waals surface area (Å²) in [6.45, 7) is 2.07. The highest BCUT2D eigenvalue weighted by atomic mass is 35.5. The van der Waals surface area contributed by atoms with Crippen LogP contribution in [-0.2, 0) is 10.9 Å². The first-order valence-electron chi connectivity index (χ1n) is 7.64. The molecule has 3 nitrogen and oxygen atoms in total. The highest BCUT2D eigenvalue weighted by Gasteiger charge is 2.30. The van der Waals surface area contributed by atoms with Gasteiger partial charge >= 0.3 is 6.18 Å². The van der Waals surface area contributed by atoms with Crippen LogP contribution in [-0.4, -0.2) is 23.6 Å². The Balaban J connectivity index is 1.94. The average Bonchev–Trinajstić information content (AvgIpc) is 2.61. The Labute approximate surface area is 159 Å². The van der Waals surface area contributed by atoms with Crippen LogP contribution in [0.2, 0.25) is 0 Å². The molecule has 1 unspecified atom stereocenters. The third-order valence-electron chi connectivity index (χ3n) is 3.21. The first kappa shape index (κ1) is 20.3. The van der Waals surface area contributed by atoms with E-state index in [2.05, 4.69) is 0 Å². The monoisotopic (exact) mass is 404 g/mol. The minimum absolute atomic E-state index is 0.302. The molecule has 0 aliphatic rings. The number of alkyl halides is 4.